The summed E-state index contributed by atoms with van der Waals surface area (Å²) in [6, 6.07) is 9.17. The third-order valence-corrected chi connectivity index (χ3v) is 5.35. The van der Waals surface area contributed by atoms with Crippen LogP contribution in [-0.2, 0) is 9.53 Å². The van der Waals surface area contributed by atoms with Gasteiger partial charge < -0.3 is 14.6 Å². The molecule has 1 saturated heterocycles. The molecule has 146 valence electrons. The number of aryl methyl sites for hydroxylation is 1. The molecule has 28 heavy (non-hydrogen) atoms. The van der Waals surface area contributed by atoms with E-state index in [1.807, 2.05) is 30.6 Å². The molecule has 1 fully saturated rings. The number of nitrogens with one attached hydrogen (secondary N) is 1. The lowest BCUT2D eigenvalue weighted by Gasteiger charge is -2.12. The van der Waals surface area contributed by atoms with Crippen molar-refractivity contribution in [3.05, 3.63) is 56.8 Å². The van der Waals surface area contributed by atoms with Crippen molar-refractivity contribution in [2.75, 3.05) is 13.2 Å². The first-order valence-corrected chi connectivity index (χ1v) is 9.82. The summed E-state index contributed by atoms with van der Waals surface area (Å²) in [5.74, 6) is -0.399. The normalized spacial score (nSPS) is 16.8. The van der Waals surface area contributed by atoms with Crippen LogP contribution in [0.2, 0.25) is 10.0 Å². The van der Waals surface area contributed by atoms with Crippen molar-refractivity contribution in [3.8, 4) is 11.8 Å². The zero-order valence-corrected chi connectivity index (χ0v) is 17.3. The number of halogens is 2. The van der Waals surface area contributed by atoms with Gasteiger partial charge >= 0.3 is 0 Å². The maximum absolute atomic E-state index is 12.4. The monoisotopic (exact) mass is 417 g/mol. The van der Waals surface area contributed by atoms with Gasteiger partial charge in [-0.05, 0) is 62.6 Å². The first-order valence-electron chi connectivity index (χ1n) is 9.06. The van der Waals surface area contributed by atoms with Gasteiger partial charge in [0.25, 0.3) is 5.91 Å². The van der Waals surface area contributed by atoms with Gasteiger partial charge in [0.15, 0.2) is 0 Å². The summed E-state index contributed by atoms with van der Waals surface area (Å²) in [5, 5.41) is 13.4. The van der Waals surface area contributed by atoms with Crippen LogP contribution in [0.15, 0.2) is 29.8 Å². The molecule has 1 aromatic carbocycles. The highest BCUT2D eigenvalue weighted by Gasteiger charge is 2.19. The highest BCUT2D eigenvalue weighted by Crippen LogP contribution is 2.29. The Morgan fingerprint density at radius 3 is 2.86 bits per heavy atom. The minimum Gasteiger partial charge on any atom is -0.376 e. The number of hydrogen-bond acceptors (Lipinski definition) is 3. The van der Waals surface area contributed by atoms with Crippen LogP contribution in [0.4, 0.5) is 0 Å². The second kappa shape index (κ2) is 8.83. The van der Waals surface area contributed by atoms with Gasteiger partial charge in [-0.25, -0.2) is 0 Å². The summed E-state index contributed by atoms with van der Waals surface area (Å²) in [7, 11) is 0. The van der Waals surface area contributed by atoms with Crippen LogP contribution in [0.3, 0.4) is 0 Å². The Bertz CT molecular complexity index is 967. The van der Waals surface area contributed by atoms with Crippen molar-refractivity contribution in [1.82, 2.24) is 9.88 Å². The van der Waals surface area contributed by atoms with Gasteiger partial charge in [-0.3, -0.25) is 4.79 Å². The molecule has 1 N–H and O–H groups in total. The van der Waals surface area contributed by atoms with Crippen molar-refractivity contribution < 1.29 is 9.53 Å². The first-order chi connectivity index (χ1) is 13.4. The average molecular weight is 418 g/mol. The quantitative estimate of drug-likeness (QED) is 0.570. The minimum absolute atomic E-state index is 0.0268. The van der Waals surface area contributed by atoms with Gasteiger partial charge in [-0.2, -0.15) is 5.26 Å². The molecule has 0 bridgehead atoms. The number of hydrogen-bond donors (Lipinski definition) is 1. The van der Waals surface area contributed by atoms with E-state index in [1.165, 1.54) is 0 Å². The number of nitrogens with zero attached hydrogens (tertiary/aromatic N) is 2. The third-order valence-electron chi connectivity index (χ3n) is 4.80. The zero-order chi connectivity index (χ0) is 20.3. The Labute approximate surface area is 174 Å². The Morgan fingerprint density at radius 1 is 1.39 bits per heavy atom. The Hall–Kier alpha value is -2.26. The van der Waals surface area contributed by atoms with Crippen molar-refractivity contribution in [2.24, 2.45) is 0 Å². The molecule has 2 heterocycles. The van der Waals surface area contributed by atoms with Gasteiger partial charge in [0.05, 0.1) is 16.8 Å². The van der Waals surface area contributed by atoms with Gasteiger partial charge in [0, 0.05) is 29.6 Å². The van der Waals surface area contributed by atoms with Crippen LogP contribution in [-0.4, -0.2) is 29.7 Å². The molecule has 1 atom stereocenters. The van der Waals surface area contributed by atoms with Crippen LogP contribution >= 0.6 is 23.2 Å². The van der Waals surface area contributed by atoms with Gasteiger partial charge in [-0.15, -0.1) is 0 Å². The molecule has 7 heteroatoms. The molecule has 0 radical (unpaired) electrons. The van der Waals surface area contributed by atoms with E-state index in [-0.39, 0.29) is 11.7 Å². The molecule has 0 aliphatic carbocycles. The third kappa shape index (κ3) is 4.41. The Balaban J connectivity index is 1.87. The second-order valence-electron chi connectivity index (χ2n) is 6.77. The summed E-state index contributed by atoms with van der Waals surface area (Å²) < 4.78 is 7.46. The highest BCUT2D eigenvalue weighted by atomic mass is 35.5. The summed E-state index contributed by atoms with van der Waals surface area (Å²) in [6.07, 6.45) is 3.55. The van der Waals surface area contributed by atoms with E-state index >= 15 is 0 Å². The molecule has 0 saturated carbocycles. The standard InChI is InChI=1S/C21H21Cl2N3O2/c1-13-8-15(14(2)26(13)20-10-17(22)5-6-19(20)23)9-16(11-24)21(27)25-12-18-4-3-7-28-18/h5-6,8-10,18H,3-4,7,12H2,1-2H3,(H,25,27). The topological polar surface area (TPSA) is 67.1 Å². The SMILES string of the molecule is Cc1cc(C=C(C#N)C(=O)NCC2CCCO2)c(C)n1-c1cc(Cl)ccc1Cl. The fourth-order valence-electron chi connectivity index (χ4n) is 3.37. The number of carbonyl (C=O) groups excluding carboxylic acids is 1. The smallest absolute Gasteiger partial charge is 0.262 e. The van der Waals surface area contributed by atoms with Crippen molar-refractivity contribution >= 4 is 35.2 Å². The van der Waals surface area contributed by atoms with Crippen LogP contribution in [0.25, 0.3) is 11.8 Å². The van der Waals surface area contributed by atoms with Gasteiger partial charge in [-0.1, -0.05) is 23.2 Å². The number of nitriles is 1. The summed E-state index contributed by atoms with van der Waals surface area (Å²) in [5.41, 5.74) is 3.37. The van der Waals surface area contributed by atoms with E-state index < -0.39 is 5.91 Å². The van der Waals surface area contributed by atoms with Crippen LogP contribution in [0.1, 0.15) is 29.8 Å². The molecule has 0 spiro atoms. The first kappa shape index (κ1) is 20.5. The van der Waals surface area contributed by atoms with Crippen LogP contribution in [0.5, 0.6) is 0 Å². The molecule has 1 aliphatic heterocycles. The molecule has 1 amide bonds. The summed E-state index contributed by atoms with van der Waals surface area (Å²) in [6.45, 7) is 4.98. The maximum Gasteiger partial charge on any atom is 0.262 e. The molecule has 3 rings (SSSR count). The molecule has 2 aromatic rings. The predicted octanol–water partition coefficient (Wildman–Crippen LogP) is 4.60. The average Bonchev–Trinajstić information content (AvgIpc) is 3.28. The number of benzene rings is 1. The second-order valence-corrected chi connectivity index (χ2v) is 7.62. The number of aromatic nitrogens is 1. The largest absolute Gasteiger partial charge is 0.376 e. The van der Waals surface area contributed by atoms with Gasteiger partial charge in [0.1, 0.15) is 11.6 Å². The zero-order valence-electron chi connectivity index (χ0n) is 15.8. The van der Waals surface area contributed by atoms with Crippen LogP contribution < -0.4 is 5.32 Å². The molecule has 5 nitrogen and oxygen atoms in total. The summed E-state index contributed by atoms with van der Waals surface area (Å²) in [4.78, 5) is 12.4. The number of amides is 1. The lowest BCUT2D eigenvalue weighted by Crippen LogP contribution is -2.32. The maximum atomic E-state index is 12.4. The van der Waals surface area contributed by atoms with E-state index in [0.717, 1.165) is 42.1 Å². The van der Waals surface area contributed by atoms with E-state index in [1.54, 1.807) is 24.3 Å². The van der Waals surface area contributed by atoms with E-state index in [0.29, 0.717) is 16.6 Å². The fourth-order valence-corrected chi connectivity index (χ4v) is 3.74. The van der Waals surface area contributed by atoms with Crippen LogP contribution in [0, 0.1) is 25.2 Å². The lowest BCUT2D eigenvalue weighted by molar-refractivity contribution is -0.117. The lowest BCUT2D eigenvalue weighted by atomic mass is 10.1. The number of rotatable bonds is 5. The minimum atomic E-state index is -0.399. The highest BCUT2D eigenvalue weighted by molar-refractivity contribution is 6.34. The van der Waals surface area contributed by atoms with Gasteiger partial charge in [0.2, 0.25) is 0 Å². The number of carbonyl (C=O) groups is 1. The molecule has 1 aliphatic rings. The molecular formula is C21H21Cl2N3O2. The molecule has 1 aromatic heterocycles. The molecule has 1 unspecified atom stereocenters. The Kier molecular flexibility index (Phi) is 6.46. The predicted molar refractivity (Wildman–Crippen MR) is 111 cm³/mol. The van der Waals surface area contributed by atoms with Crippen molar-refractivity contribution in [3.63, 3.8) is 0 Å². The van der Waals surface area contributed by atoms with E-state index in [4.69, 9.17) is 27.9 Å². The van der Waals surface area contributed by atoms with Crippen molar-refractivity contribution in [1.29, 1.82) is 5.26 Å². The van der Waals surface area contributed by atoms with Crippen molar-refractivity contribution in [2.45, 2.75) is 32.8 Å². The fraction of sp³-hybridized carbons (Fsp3) is 0.333. The Morgan fingerprint density at radius 2 is 2.18 bits per heavy atom. The van der Waals surface area contributed by atoms with E-state index in [9.17, 15) is 10.1 Å². The summed E-state index contributed by atoms with van der Waals surface area (Å²) >= 11 is 12.5. The molecular weight excluding hydrogens is 397 g/mol. The van der Waals surface area contributed by atoms with E-state index in [2.05, 4.69) is 5.32 Å². The number of ether oxygens (including phenoxy) is 1.